The Morgan fingerprint density at radius 2 is 2.11 bits per heavy atom. The van der Waals surface area contributed by atoms with Gasteiger partial charge in [-0.3, -0.25) is 4.79 Å². The SMILES string of the molecule is C=CCOc1ccc(C(=O)N2CC(C)(O)C2)cc1. The molecule has 0 radical (unpaired) electrons. The summed E-state index contributed by atoms with van der Waals surface area (Å²) in [7, 11) is 0. The van der Waals surface area contributed by atoms with Crippen molar-refractivity contribution in [2.24, 2.45) is 0 Å². The number of carbonyl (C=O) groups excluding carboxylic acids is 1. The first-order chi connectivity index (χ1) is 8.52. The summed E-state index contributed by atoms with van der Waals surface area (Å²) in [5.74, 6) is 0.652. The van der Waals surface area contributed by atoms with Crippen LogP contribution in [0.15, 0.2) is 36.9 Å². The van der Waals surface area contributed by atoms with Gasteiger partial charge in [0.25, 0.3) is 5.91 Å². The first kappa shape index (κ1) is 12.6. The molecular weight excluding hydrogens is 230 g/mol. The van der Waals surface area contributed by atoms with E-state index in [9.17, 15) is 9.90 Å². The first-order valence-electron chi connectivity index (χ1n) is 5.87. The summed E-state index contributed by atoms with van der Waals surface area (Å²) in [5.41, 5.74) is -0.126. The maximum atomic E-state index is 12.0. The molecule has 1 aromatic carbocycles. The van der Waals surface area contributed by atoms with E-state index in [4.69, 9.17) is 4.74 Å². The maximum Gasteiger partial charge on any atom is 0.254 e. The van der Waals surface area contributed by atoms with Gasteiger partial charge in [0.1, 0.15) is 12.4 Å². The van der Waals surface area contributed by atoms with E-state index in [0.717, 1.165) is 0 Å². The maximum absolute atomic E-state index is 12.0. The monoisotopic (exact) mass is 247 g/mol. The Morgan fingerprint density at radius 3 is 2.61 bits per heavy atom. The lowest BCUT2D eigenvalue weighted by Crippen LogP contribution is -2.61. The normalized spacial score (nSPS) is 16.9. The van der Waals surface area contributed by atoms with E-state index in [1.807, 2.05) is 0 Å². The van der Waals surface area contributed by atoms with Crippen LogP contribution in [0.2, 0.25) is 0 Å². The molecule has 0 aromatic heterocycles. The largest absolute Gasteiger partial charge is 0.490 e. The predicted octanol–water partition coefficient (Wildman–Crippen LogP) is 1.46. The van der Waals surface area contributed by atoms with Crippen LogP contribution in [-0.4, -0.2) is 41.2 Å². The lowest BCUT2D eigenvalue weighted by atomic mass is 9.96. The number of aliphatic hydroxyl groups is 1. The Bertz CT molecular complexity index is 443. The molecule has 1 amide bonds. The molecule has 0 spiro atoms. The van der Waals surface area contributed by atoms with Crippen molar-refractivity contribution < 1.29 is 14.6 Å². The molecule has 0 bridgehead atoms. The zero-order valence-electron chi connectivity index (χ0n) is 10.4. The van der Waals surface area contributed by atoms with E-state index >= 15 is 0 Å². The predicted molar refractivity (Wildman–Crippen MR) is 68.7 cm³/mol. The number of ether oxygens (including phenoxy) is 1. The van der Waals surface area contributed by atoms with Crippen molar-refractivity contribution in [2.75, 3.05) is 19.7 Å². The summed E-state index contributed by atoms with van der Waals surface area (Å²) in [6, 6.07) is 6.98. The second-order valence-corrected chi connectivity index (χ2v) is 4.78. The van der Waals surface area contributed by atoms with E-state index < -0.39 is 5.60 Å². The standard InChI is InChI=1S/C14H17NO3/c1-3-8-18-12-6-4-11(5-7-12)13(16)15-9-14(2,17)10-15/h3-7,17H,1,8-10H2,2H3. The Balaban J connectivity index is 1.97. The summed E-state index contributed by atoms with van der Waals surface area (Å²) in [4.78, 5) is 13.6. The number of nitrogens with zero attached hydrogens (tertiary/aromatic N) is 1. The van der Waals surface area contributed by atoms with Gasteiger partial charge in [0.2, 0.25) is 0 Å². The third-order valence-electron chi connectivity index (χ3n) is 2.82. The van der Waals surface area contributed by atoms with Crippen molar-refractivity contribution >= 4 is 5.91 Å². The molecule has 1 heterocycles. The molecule has 1 fully saturated rings. The van der Waals surface area contributed by atoms with Gasteiger partial charge in [0.05, 0.1) is 18.7 Å². The second kappa shape index (κ2) is 4.82. The minimum atomic E-state index is -0.733. The van der Waals surface area contributed by atoms with Gasteiger partial charge in [-0.25, -0.2) is 0 Å². The Morgan fingerprint density at radius 1 is 1.50 bits per heavy atom. The first-order valence-corrected chi connectivity index (χ1v) is 5.87. The summed E-state index contributed by atoms with van der Waals surface area (Å²) in [6.45, 7) is 6.52. The van der Waals surface area contributed by atoms with Crippen molar-refractivity contribution in [3.63, 3.8) is 0 Å². The summed E-state index contributed by atoms with van der Waals surface area (Å²) in [5, 5.41) is 9.60. The van der Waals surface area contributed by atoms with Crippen LogP contribution < -0.4 is 4.74 Å². The quantitative estimate of drug-likeness (QED) is 0.819. The number of likely N-dealkylation sites (tertiary alicyclic amines) is 1. The molecule has 18 heavy (non-hydrogen) atoms. The molecule has 0 aliphatic carbocycles. The zero-order chi connectivity index (χ0) is 13.2. The second-order valence-electron chi connectivity index (χ2n) is 4.78. The molecule has 2 rings (SSSR count). The van der Waals surface area contributed by atoms with E-state index in [0.29, 0.717) is 31.0 Å². The van der Waals surface area contributed by atoms with Gasteiger partial charge < -0.3 is 14.7 Å². The number of carbonyl (C=O) groups is 1. The van der Waals surface area contributed by atoms with Crippen LogP contribution in [0.5, 0.6) is 5.75 Å². The fourth-order valence-electron chi connectivity index (χ4n) is 1.95. The number of hydrogen-bond acceptors (Lipinski definition) is 3. The summed E-state index contributed by atoms with van der Waals surface area (Å²) < 4.78 is 5.34. The average molecular weight is 247 g/mol. The van der Waals surface area contributed by atoms with Crippen molar-refractivity contribution in [2.45, 2.75) is 12.5 Å². The van der Waals surface area contributed by atoms with Gasteiger partial charge in [-0.1, -0.05) is 12.7 Å². The third-order valence-corrected chi connectivity index (χ3v) is 2.82. The molecule has 1 aliphatic heterocycles. The van der Waals surface area contributed by atoms with Crippen LogP contribution in [-0.2, 0) is 0 Å². The molecule has 0 atom stereocenters. The topological polar surface area (TPSA) is 49.8 Å². The van der Waals surface area contributed by atoms with Gasteiger partial charge in [-0.2, -0.15) is 0 Å². The molecule has 4 nitrogen and oxygen atoms in total. The highest BCUT2D eigenvalue weighted by Gasteiger charge is 2.39. The molecule has 1 aromatic rings. The van der Waals surface area contributed by atoms with E-state index in [2.05, 4.69) is 6.58 Å². The highest BCUT2D eigenvalue weighted by atomic mass is 16.5. The number of rotatable bonds is 4. The minimum Gasteiger partial charge on any atom is -0.490 e. The molecule has 1 N–H and O–H groups in total. The van der Waals surface area contributed by atoms with Gasteiger partial charge >= 0.3 is 0 Å². The molecule has 1 aliphatic rings. The van der Waals surface area contributed by atoms with Crippen molar-refractivity contribution in [3.05, 3.63) is 42.5 Å². The summed E-state index contributed by atoms with van der Waals surface area (Å²) in [6.07, 6.45) is 1.67. The van der Waals surface area contributed by atoms with Gasteiger partial charge in [-0.15, -0.1) is 0 Å². The van der Waals surface area contributed by atoms with Crippen LogP contribution in [0.25, 0.3) is 0 Å². The van der Waals surface area contributed by atoms with Crippen LogP contribution in [0.1, 0.15) is 17.3 Å². The highest BCUT2D eigenvalue weighted by Crippen LogP contribution is 2.23. The van der Waals surface area contributed by atoms with Crippen molar-refractivity contribution in [3.8, 4) is 5.75 Å². The van der Waals surface area contributed by atoms with Crippen LogP contribution in [0, 0.1) is 0 Å². The van der Waals surface area contributed by atoms with Crippen molar-refractivity contribution in [1.82, 2.24) is 4.90 Å². The number of β-amino-alcohol motifs (C(OH)–C–C–N with tert-alkyl or cyclic N) is 1. The zero-order valence-corrected chi connectivity index (χ0v) is 10.4. The van der Waals surface area contributed by atoms with E-state index in [1.54, 1.807) is 42.2 Å². The summed E-state index contributed by atoms with van der Waals surface area (Å²) >= 11 is 0. The van der Waals surface area contributed by atoms with Gasteiger partial charge in [0.15, 0.2) is 0 Å². The minimum absolute atomic E-state index is 0.0585. The molecule has 1 saturated heterocycles. The molecule has 4 heteroatoms. The fraction of sp³-hybridized carbons (Fsp3) is 0.357. The number of benzene rings is 1. The lowest BCUT2D eigenvalue weighted by Gasteiger charge is -2.44. The van der Waals surface area contributed by atoms with Crippen LogP contribution in [0.4, 0.5) is 0 Å². The number of amides is 1. The molecule has 96 valence electrons. The van der Waals surface area contributed by atoms with E-state index in [1.165, 1.54) is 0 Å². The fourth-order valence-corrected chi connectivity index (χ4v) is 1.95. The van der Waals surface area contributed by atoms with Crippen LogP contribution in [0.3, 0.4) is 0 Å². The van der Waals surface area contributed by atoms with Crippen LogP contribution >= 0.6 is 0 Å². The number of hydrogen-bond donors (Lipinski definition) is 1. The Hall–Kier alpha value is -1.81. The van der Waals surface area contributed by atoms with E-state index in [-0.39, 0.29) is 5.91 Å². The third kappa shape index (κ3) is 2.71. The molecular formula is C14H17NO3. The Labute approximate surface area is 106 Å². The van der Waals surface area contributed by atoms with Gasteiger partial charge in [-0.05, 0) is 31.2 Å². The Kier molecular flexibility index (Phi) is 3.39. The molecule has 0 saturated carbocycles. The van der Waals surface area contributed by atoms with Crippen molar-refractivity contribution in [1.29, 1.82) is 0 Å². The molecule has 0 unspecified atom stereocenters. The average Bonchev–Trinajstić information content (AvgIpc) is 2.33. The smallest absolute Gasteiger partial charge is 0.254 e. The highest BCUT2D eigenvalue weighted by molar-refractivity contribution is 5.95. The van der Waals surface area contributed by atoms with Gasteiger partial charge in [0, 0.05) is 5.56 Å². The lowest BCUT2D eigenvalue weighted by molar-refractivity contribution is -0.0668.